The molecule has 0 radical (unpaired) electrons. The summed E-state index contributed by atoms with van der Waals surface area (Å²) in [5.74, 6) is 0.661. The second kappa shape index (κ2) is 6.33. The predicted octanol–water partition coefficient (Wildman–Crippen LogP) is 5.24. The van der Waals surface area contributed by atoms with Crippen molar-refractivity contribution in [1.29, 1.82) is 0 Å². The molecular weight excluding hydrogens is 333 g/mol. The summed E-state index contributed by atoms with van der Waals surface area (Å²) in [5.41, 5.74) is -0.704. The summed E-state index contributed by atoms with van der Waals surface area (Å²) >= 11 is 3.04. The van der Waals surface area contributed by atoms with Crippen molar-refractivity contribution in [2.45, 2.75) is 51.2 Å². The van der Waals surface area contributed by atoms with Crippen LogP contribution in [0.3, 0.4) is 0 Å². The van der Waals surface area contributed by atoms with E-state index < -0.39 is 11.7 Å². The summed E-state index contributed by atoms with van der Waals surface area (Å²) in [5, 5.41) is 2.98. The molecule has 1 saturated carbocycles. The minimum atomic E-state index is -4.39. The Balaban J connectivity index is 2.10. The number of anilines is 1. The first-order valence-electron chi connectivity index (χ1n) is 6.89. The molecule has 0 aliphatic heterocycles. The average molecular weight is 351 g/mol. The van der Waals surface area contributed by atoms with Gasteiger partial charge < -0.3 is 5.32 Å². The fourth-order valence-electron chi connectivity index (χ4n) is 2.68. The quantitative estimate of drug-likeness (QED) is 0.805. The maximum atomic E-state index is 13.0. The van der Waals surface area contributed by atoms with Gasteiger partial charge in [-0.3, -0.25) is 0 Å². The Bertz CT molecular complexity index is 454. The monoisotopic (exact) mass is 350 g/mol. The Labute approximate surface area is 125 Å². The number of hydrogen-bond acceptors (Lipinski definition) is 2. The Morgan fingerprint density at radius 1 is 1.30 bits per heavy atom. The maximum Gasteiger partial charge on any atom is 0.419 e. The van der Waals surface area contributed by atoms with Gasteiger partial charge in [0, 0.05) is 16.7 Å². The smallest absolute Gasteiger partial charge is 0.367 e. The van der Waals surface area contributed by atoms with Crippen molar-refractivity contribution >= 4 is 21.7 Å². The average Bonchev–Trinajstić information content (AvgIpc) is 2.40. The number of aromatic nitrogens is 1. The molecule has 0 saturated heterocycles. The van der Waals surface area contributed by atoms with E-state index in [1.165, 1.54) is 6.20 Å². The van der Waals surface area contributed by atoms with Gasteiger partial charge in [-0.25, -0.2) is 4.98 Å². The molecule has 112 valence electrons. The highest BCUT2D eigenvalue weighted by Crippen LogP contribution is 2.36. The zero-order chi connectivity index (χ0) is 14.8. The lowest BCUT2D eigenvalue weighted by Gasteiger charge is -2.29. The number of hydrogen-bond donors (Lipinski definition) is 1. The van der Waals surface area contributed by atoms with Crippen molar-refractivity contribution in [1.82, 2.24) is 4.98 Å². The van der Waals surface area contributed by atoms with Crippen molar-refractivity contribution in [2.24, 2.45) is 5.92 Å². The first kappa shape index (κ1) is 15.6. The van der Waals surface area contributed by atoms with Crippen LogP contribution in [0.15, 0.2) is 16.7 Å². The van der Waals surface area contributed by atoms with Gasteiger partial charge in [0.2, 0.25) is 0 Å². The second-order valence-electron chi connectivity index (χ2n) is 5.32. The van der Waals surface area contributed by atoms with E-state index in [1.807, 2.05) is 0 Å². The van der Waals surface area contributed by atoms with Gasteiger partial charge in [0.1, 0.15) is 5.82 Å². The van der Waals surface area contributed by atoms with Crippen molar-refractivity contribution in [3.8, 4) is 0 Å². The molecule has 1 heterocycles. The SMILES string of the molecule is CCC1CCC(Nc2ncc(Br)cc2C(F)(F)F)CC1. The van der Waals surface area contributed by atoms with E-state index in [2.05, 4.69) is 33.2 Å². The van der Waals surface area contributed by atoms with Gasteiger partial charge in [-0.1, -0.05) is 13.3 Å². The highest BCUT2D eigenvalue weighted by Gasteiger charge is 2.35. The number of rotatable bonds is 3. The number of nitrogens with one attached hydrogen (secondary N) is 1. The molecule has 6 heteroatoms. The molecule has 1 aromatic rings. The third kappa shape index (κ3) is 3.87. The Morgan fingerprint density at radius 2 is 1.95 bits per heavy atom. The van der Waals surface area contributed by atoms with Crippen molar-refractivity contribution in [3.05, 3.63) is 22.3 Å². The largest absolute Gasteiger partial charge is 0.419 e. The number of pyridine rings is 1. The molecule has 1 aromatic heterocycles. The van der Waals surface area contributed by atoms with Crippen molar-refractivity contribution in [3.63, 3.8) is 0 Å². The van der Waals surface area contributed by atoms with Gasteiger partial charge in [0.05, 0.1) is 5.56 Å². The molecule has 2 nitrogen and oxygen atoms in total. The molecule has 1 aliphatic rings. The number of alkyl halides is 3. The molecule has 0 atom stereocenters. The van der Waals surface area contributed by atoms with Crippen LogP contribution in [-0.2, 0) is 6.18 Å². The zero-order valence-corrected chi connectivity index (χ0v) is 12.9. The third-order valence-corrected chi connectivity index (χ3v) is 4.36. The lowest BCUT2D eigenvalue weighted by molar-refractivity contribution is -0.137. The lowest BCUT2D eigenvalue weighted by Crippen LogP contribution is -2.27. The first-order valence-corrected chi connectivity index (χ1v) is 7.68. The van der Waals surface area contributed by atoms with E-state index in [9.17, 15) is 13.2 Å². The molecular formula is C14H18BrF3N2. The first-order chi connectivity index (χ1) is 9.40. The van der Waals surface area contributed by atoms with Crippen LogP contribution in [0.25, 0.3) is 0 Å². The molecule has 2 rings (SSSR count). The number of halogens is 4. The number of nitrogens with zero attached hydrogens (tertiary/aromatic N) is 1. The Kier molecular flexibility index (Phi) is 4.94. The molecule has 1 fully saturated rings. The van der Waals surface area contributed by atoms with Crippen LogP contribution in [-0.4, -0.2) is 11.0 Å². The van der Waals surface area contributed by atoms with Crippen molar-refractivity contribution < 1.29 is 13.2 Å². The molecule has 20 heavy (non-hydrogen) atoms. The van der Waals surface area contributed by atoms with Crippen LogP contribution >= 0.6 is 15.9 Å². The van der Waals surface area contributed by atoms with Crippen LogP contribution in [0, 0.1) is 5.92 Å². The van der Waals surface area contributed by atoms with Gasteiger partial charge in [-0.2, -0.15) is 13.2 Å². The zero-order valence-electron chi connectivity index (χ0n) is 11.3. The normalized spacial score (nSPS) is 23.6. The predicted molar refractivity (Wildman–Crippen MR) is 76.6 cm³/mol. The summed E-state index contributed by atoms with van der Waals surface area (Å²) in [6.07, 6.45) is 2.13. The van der Waals surface area contributed by atoms with Crippen LogP contribution in [0.2, 0.25) is 0 Å². The second-order valence-corrected chi connectivity index (χ2v) is 6.23. The standard InChI is InChI=1S/C14H18BrF3N2/c1-2-9-3-5-11(6-4-9)20-13-12(14(16,17)18)7-10(15)8-19-13/h7-9,11H,2-6H2,1H3,(H,19,20). The van der Waals surface area contributed by atoms with Gasteiger partial charge in [-0.05, 0) is 53.6 Å². The summed E-state index contributed by atoms with van der Waals surface area (Å²) in [7, 11) is 0. The van der Waals surface area contributed by atoms with Gasteiger partial charge in [0.15, 0.2) is 0 Å². The van der Waals surface area contributed by atoms with Gasteiger partial charge in [-0.15, -0.1) is 0 Å². The molecule has 1 aliphatic carbocycles. The molecule has 1 N–H and O–H groups in total. The molecule has 0 amide bonds. The summed E-state index contributed by atoms with van der Waals surface area (Å²) in [6, 6.07) is 1.17. The van der Waals surface area contributed by atoms with Gasteiger partial charge in [0.25, 0.3) is 0 Å². The summed E-state index contributed by atoms with van der Waals surface area (Å²) < 4.78 is 39.3. The minimum absolute atomic E-state index is 0.0550. The third-order valence-electron chi connectivity index (χ3n) is 3.92. The highest BCUT2D eigenvalue weighted by molar-refractivity contribution is 9.10. The molecule has 0 spiro atoms. The fourth-order valence-corrected chi connectivity index (χ4v) is 3.01. The Hall–Kier alpha value is -0.780. The van der Waals surface area contributed by atoms with E-state index in [4.69, 9.17) is 0 Å². The van der Waals surface area contributed by atoms with E-state index in [-0.39, 0.29) is 11.9 Å². The van der Waals surface area contributed by atoms with Crippen LogP contribution < -0.4 is 5.32 Å². The summed E-state index contributed by atoms with van der Waals surface area (Å²) in [4.78, 5) is 3.90. The van der Waals surface area contributed by atoms with Gasteiger partial charge >= 0.3 is 6.18 Å². The van der Waals surface area contributed by atoms with Crippen LogP contribution in [0.4, 0.5) is 19.0 Å². The van der Waals surface area contributed by atoms with Crippen molar-refractivity contribution in [2.75, 3.05) is 5.32 Å². The lowest BCUT2D eigenvalue weighted by atomic mass is 9.84. The van der Waals surface area contributed by atoms with E-state index in [0.29, 0.717) is 10.4 Å². The highest BCUT2D eigenvalue weighted by atomic mass is 79.9. The van der Waals surface area contributed by atoms with E-state index in [0.717, 1.165) is 38.2 Å². The fraction of sp³-hybridized carbons (Fsp3) is 0.643. The topological polar surface area (TPSA) is 24.9 Å². The maximum absolute atomic E-state index is 13.0. The molecule has 0 bridgehead atoms. The van der Waals surface area contributed by atoms with E-state index in [1.54, 1.807) is 0 Å². The summed E-state index contributed by atoms with van der Waals surface area (Å²) in [6.45, 7) is 2.16. The molecule has 0 aromatic carbocycles. The minimum Gasteiger partial charge on any atom is -0.367 e. The van der Waals surface area contributed by atoms with E-state index >= 15 is 0 Å². The van der Waals surface area contributed by atoms with Crippen LogP contribution in [0.5, 0.6) is 0 Å². The van der Waals surface area contributed by atoms with Crippen LogP contribution in [0.1, 0.15) is 44.6 Å². The molecule has 0 unspecified atom stereocenters. The Morgan fingerprint density at radius 3 is 2.50 bits per heavy atom.